The van der Waals surface area contributed by atoms with Crippen LogP contribution in [0.4, 0.5) is 5.69 Å². The minimum atomic E-state index is 0.0774. The number of aliphatic hydroxyl groups excluding tert-OH is 1. The summed E-state index contributed by atoms with van der Waals surface area (Å²) in [6.07, 6.45) is 0.525. The fraction of sp³-hybridized carbons (Fsp3) is 0.417. The number of aryl methyl sites for hydroxylation is 1. The van der Waals surface area contributed by atoms with E-state index in [2.05, 4.69) is 6.07 Å². The van der Waals surface area contributed by atoms with Gasteiger partial charge in [0.1, 0.15) is 0 Å². The molecule has 3 heteroatoms. The van der Waals surface area contributed by atoms with Gasteiger partial charge in [0.2, 0.25) is 0 Å². The summed E-state index contributed by atoms with van der Waals surface area (Å²) in [5.41, 5.74) is 3.12. The SMILES string of the molecule is Cc1cc(N(C)CCC#N)ccc1CO. The van der Waals surface area contributed by atoms with Gasteiger partial charge >= 0.3 is 0 Å². The quantitative estimate of drug-likeness (QED) is 0.814. The zero-order valence-electron chi connectivity index (χ0n) is 9.20. The highest BCUT2D eigenvalue weighted by Crippen LogP contribution is 2.18. The van der Waals surface area contributed by atoms with E-state index in [1.807, 2.05) is 37.1 Å². The molecule has 0 saturated heterocycles. The Morgan fingerprint density at radius 3 is 2.73 bits per heavy atom. The Hall–Kier alpha value is -1.53. The molecule has 1 aromatic carbocycles. The third-order valence-electron chi connectivity index (χ3n) is 2.50. The van der Waals surface area contributed by atoms with Crippen molar-refractivity contribution < 1.29 is 5.11 Å². The van der Waals surface area contributed by atoms with Crippen LogP contribution >= 0.6 is 0 Å². The Labute approximate surface area is 90.6 Å². The maximum absolute atomic E-state index is 9.03. The highest BCUT2D eigenvalue weighted by atomic mass is 16.3. The third kappa shape index (κ3) is 2.97. The maximum atomic E-state index is 9.03. The van der Waals surface area contributed by atoms with Crippen molar-refractivity contribution in [2.45, 2.75) is 20.0 Å². The summed E-state index contributed by atoms with van der Waals surface area (Å²) in [6, 6.07) is 8.05. The highest BCUT2D eigenvalue weighted by Gasteiger charge is 2.03. The van der Waals surface area contributed by atoms with E-state index in [1.54, 1.807) is 0 Å². The number of hydrogen-bond donors (Lipinski definition) is 1. The summed E-state index contributed by atoms with van der Waals surface area (Å²) in [4.78, 5) is 2.04. The fourth-order valence-corrected chi connectivity index (χ4v) is 1.44. The normalized spacial score (nSPS) is 9.73. The Balaban J connectivity index is 2.79. The van der Waals surface area contributed by atoms with Gasteiger partial charge in [-0.05, 0) is 30.2 Å². The van der Waals surface area contributed by atoms with E-state index in [0.717, 1.165) is 23.4 Å². The first-order valence-electron chi connectivity index (χ1n) is 4.97. The minimum Gasteiger partial charge on any atom is -0.392 e. The van der Waals surface area contributed by atoms with E-state index in [0.29, 0.717) is 6.42 Å². The lowest BCUT2D eigenvalue weighted by Crippen LogP contribution is -2.18. The van der Waals surface area contributed by atoms with Crippen LogP contribution in [0.1, 0.15) is 17.5 Å². The molecular formula is C12H16N2O. The van der Waals surface area contributed by atoms with Crippen molar-refractivity contribution in [1.29, 1.82) is 5.26 Å². The van der Waals surface area contributed by atoms with E-state index in [4.69, 9.17) is 10.4 Å². The van der Waals surface area contributed by atoms with Crippen molar-refractivity contribution in [3.63, 3.8) is 0 Å². The number of nitriles is 1. The number of rotatable bonds is 4. The van der Waals surface area contributed by atoms with Crippen molar-refractivity contribution >= 4 is 5.69 Å². The van der Waals surface area contributed by atoms with Gasteiger partial charge in [0.05, 0.1) is 19.1 Å². The van der Waals surface area contributed by atoms with E-state index in [9.17, 15) is 0 Å². The van der Waals surface area contributed by atoms with E-state index in [1.165, 1.54) is 0 Å². The van der Waals surface area contributed by atoms with Crippen LogP contribution in [0.15, 0.2) is 18.2 Å². The Morgan fingerprint density at radius 2 is 2.20 bits per heavy atom. The van der Waals surface area contributed by atoms with Crippen LogP contribution in [-0.4, -0.2) is 18.7 Å². The predicted molar refractivity (Wildman–Crippen MR) is 60.6 cm³/mol. The molecule has 0 saturated carbocycles. The molecule has 3 nitrogen and oxygen atoms in total. The average Bonchev–Trinajstić information content (AvgIpc) is 2.25. The molecule has 0 unspecified atom stereocenters. The van der Waals surface area contributed by atoms with Crippen LogP contribution in [-0.2, 0) is 6.61 Å². The van der Waals surface area contributed by atoms with Gasteiger partial charge in [0, 0.05) is 19.3 Å². The molecule has 1 N–H and O–H groups in total. The second-order valence-corrected chi connectivity index (χ2v) is 3.60. The van der Waals surface area contributed by atoms with E-state index in [-0.39, 0.29) is 6.61 Å². The number of anilines is 1. The van der Waals surface area contributed by atoms with Gasteiger partial charge < -0.3 is 10.0 Å². The summed E-state index contributed by atoms with van der Waals surface area (Å²) in [5, 5.41) is 17.5. The second kappa shape index (κ2) is 5.38. The van der Waals surface area contributed by atoms with Crippen molar-refractivity contribution in [3.8, 4) is 6.07 Å². The molecule has 80 valence electrons. The van der Waals surface area contributed by atoms with Gasteiger partial charge in [0.25, 0.3) is 0 Å². The molecule has 0 aliphatic heterocycles. The first-order chi connectivity index (χ1) is 7.19. The molecule has 1 rings (SSSR count). The molecule has 0 atom stereocenters. The van der Waals surface area contributed by atoms with Crippen molar-refractivity contribution in [2.24, 2.45) is 0 Å². The summed E-state index contributed by atoms with van der Waals surface area (Å²) in [6.45, 7) is 2.79. The molecular weight excluding hydrogens is 188 g/mol. The number of benzene rings is 1. The number of nitrogens with zero attached hydrogens (tertiary/aromatic N) is 2. The van der Waals surface area contributed by atoms with Crippen LogP contribution in [0.25, 0.3) is 0 Å². The lowest BCUT2D eigenvalue weighted by Gasteiger charge is -2.18. The average molecular weight is 204 g/mol. The first-order valence-corrected chi connectivity index (χ1v) is 4.97. The molecule has 0 bridgehead atoms. The smallest absolute Gasteiger partial charge is 0.0684 e. The molecule has 0 amide bonds. The molecule has 0 fully saturated rings. The van der Waals surface area contributed by atoms with Crippen LogP contribution in [0.3, 0.4) is 0 Å². The molecule has 0 aromatic heterocycles. The molecule has 15 heavy (non-hydrogen) atoms. The number of hydrogen-bond acceptors (Lipinski definition) is 3. The van der Waals surface area contributed by atoms with Gasteiger partial charge in [-0.1, -0.05) is 6.07 Å². The van der Waals surface area contributed by atoms with Gasteiger partial charge in [-0.25, -0.2) is 0 Å². The van der Waals surface area contributed by atoms with E-state index < -0.39 is 0 Å². The first kappa shape index (κ1) is 11.5. The topological polar surface area (TPSA) is 47.3 Å². The third-order valence-corrected chi connectivity index (χ3v) is 2.50. The van der Waals surface area contributed by atoms with Crippen LogP contribution in [0.2, 0.25) is 0 Å². The molecule has 1 aromatic rings. The van der Waals surface area contributed by atoms with Gasteiger partial charge in [-0.2, -0.15) is 5.26 Å². The molecule has 0 aliphatic carbocycles. The highest BCUT2D eigenvalue weighted by molar-refractivity contribution is 5.50. The van der Waals surface area contributed by atoms with Gasteiger partial charge in [-0.15, -0.1) is 0 Å². The zero-order chi connectivity index (χ0) is 11.3. The lowest BCUT2D eigenvalue weighted by molar-refractivity contribution is 0.281. The summed E-state index contributed by atoms with van der Waals surface area (Å²) in [5.74, 6) is 0. The van der Waals surface area contributed by atoms with Crippen molar-refractivity contribution in [1.82, 2.24) is 0 Å². The Kier molecular flexibility index (Phi) is 4.14. The number of aliphatic hydroxyl groups is 1. The van der Waals surface area contributed by atoms with Gasteiger partial charge in [-0.3, -0.25) is 0 Å². The largest absolute Gasteiger partial charge is 0.392 e. The van der Waals surface area contributed by atoms with Crippen molar-refractivity contribution in [3.05, 3.63) is 29.3 Å². The monoisotopic (exact) mass is 204 g/mol. The molecule has 0 aliphatic rings. The molecule has 0 radical (unpaired) electrons. The second-order valence-electron chi connectivity index (χ2n) is 3.60. The minimum absolute atomic E-state index is 0.0774. The fourth-order valence-electron chi connectivity index (χ4n) is 1.44. The lowest BCUT2D eigenvalue weighted by atomic mass is 10.1. The zero-order valence-corrected chi connectivity index (χ0v) is 9.20. The van der Waals surface area contributed by atoms with Crippen LogP contribution in [0, 0.1) is 18.3 Å². The van der Waals surface area contributed by atoms with Crippen LogP contribution in [0.5, 0.6) is 0 Å². The maximum Gasteiger partial charge on any atom is 0.0684 e. The van der Waals surface area contributed by atoms with Crippen molar-refractivity contribution in [2.75, 3.05) is 18.5 Å². The summed E-state index contributed by atoms with van der Waals surface area (Å²) in [7, 11) is 1.96. The van der Waals surface area contributed by atoms with Crippen LogP contribution < -0.4 is 4.90 Å². The standard InChI is InChI=1S/C12H16N2O/c1-10-8-12(5-4-11(10)9-15)14(2)7-3-6-13/h4-5,8,15H,3,7,9H2,1-2H3. The van der Waals surface area contributed by atoms with Gasteiger partial charge in [0.15, 0.2) is 0 Å². The Bertz CT molecular complexity index is 368. The Morgan fingerprint density at radius 1 is 1.47 bits per heavy atom. The predicted octanol–water partition coefficient (Wildman–Crippen LogP) is 1.84. The van der Waals surface area contributed by atoms with E-state index >= 15 is 0 Å². The summed E-state index contributed by atoms with van der Waals surface area (Å²) < 4.78 is 0. The molecule has 0 spiro atoms. The molecule has 0 heterocycles. The summed E-state index contributed by atoms with van der Waals surface area (Å²) >= 11 is 0.